The lowest BCUT2D eigenvalue weighted by Crippen LogP contribution is -2.10. The molecule has 0 bridgehead atoms. The van der Waals surface area contributed by atoms with E-state index in [0.29, 0.717) is 6.42 Å². The Morgan fingerprint density at radius 1 is 1.24 bits per heavy atom. The van der Waals surface area contributed by atoms with Crippen LogP contribution in [0.1, 0.15) is 19.4 Å². The Hall–Kier alpha value is -2.49. The zero-order valence-corrected chi connectivity index (χ0v) is 12.1. The fourth-order valence-corrected chi connectivity index (χ4v) is 2.22. The van der Waals surface area contributed by atoms with Crippen molar-refractivity contribution in [2.45, 2.75) is 20.3 Å². The molecule has 0 saturated carbocycles. The van der Waals surface area contributed by atoms with Gasteiger partial charge in [0.15, 0.2) is 5.65 Å². The lowest BCUT2D eigenvalue weighted by molar-refractivity contribution is -0.121. The number of aromatic nitrogens is 3. The summed E-state index contributed by atoms with van der Waals surface area (Å²) in [7, 11) is 0. The summed E-state index contributed by atoms with van der Waals surface area (Å²) in [4.78, 5) is 24.1. The highest BCUT2D eigenvalue weighted by atomic mass is 16.1. The van der Waals surface area contributed by atoms with Gasteiger partial charge in [-0.05, 0) is 0 Å². The second-order valence-electron chi connectivity index (χ2n) is 5.43. The van der Waals surface area contributed by atoms with Gasteiger partial charge in [-0.25, -0.2) is 9.97 Å². The number of benzene rings is 1. The van der Waals surface area contributed by atoms with E-state index in [0.717, 1.165) is 28.0 Å². The molecular formula is C17H17N3O. The minimum atomic E-state index is 0.0280. The number of carbonyl (C=O) groups is 1. The molecule has 0 aliphatic carbocycles. The van der Waals surface area contributed by atoms with Crippen LogP contribution < -0.4 is 0 Å². The van der Waals surface area contributed by atoms with E-state index >= 15 is 0 Å². The van der Waals surface area contributed by atoms with Crippen LogP contribution in [0.3, 0.4) is 0 Å². The third-order valence-corrected chi connectivity index (χ3v) is 3.54. The Bertz CT molecular complexity index is 775. The third-order valence-electron chi connectivity index (χ3n) is 3.54. The lowest BCUT2D eigenvalue weighted by atomic mass is 10.0. The van der Waals surface area contributed by atoms with Gasteiger partial charge in [-0.2, -0.15) is 0 Å². The Kier molecular flexibility index (Phi) is 3.52. The number of hydrogen-bond donors (Lipinski definition) is 1. The molecule has 1 aromatic carbocycles. The number of aromatic amines is 1. The molecule has 2 aromatic heterocycles. The van der Waals surface area contributed by atoms with E-state index < -0.39 is 0 Å². The smallest absolute Gasteiger partial charge is 0.156 e. The van der Waals surface area contributed by atoms with E-state index in [9.17, 15) is 4.79 Å². The van der Waals surface area contributed by atoms with Crippen LogP contribution in [0.2, 0.25) is 0 Å². The largest absolute Gasteiger partial charge is 0.345 e. The van der Waals surface area contributed by atoms with Gasteiger partial charge in [-0.1, -0.05) is 44.2 Å². The number of hydrogen-bond acceptors (Lipinski definition) is 3. The molecule has 1 N–H and O–H groups in total. The molecule has 0 amide bonds. The Morgan fingerprint density at radius 3 is 2.71 bits per heavy atom. The predicted octanol–water partition coefficient (Wildman–Crippen LogP) is 3.39. The van der Waals surface area contributed by atoms with Crippen LogP contribution in [0, 0.1) is 5.92 Å². The average molecular weight is 279 g/mol. The van der Waals surface area contributed by atoms with Crippen LogP contribution in [0.25, 0.3) is 22.4 Å². The summed E-state index contributed by atoms with van der Waals surface area (Å²) < 4.78 is 0. The van der Waals surface area contributed by atoms with Crippen molar-refractivity contribution in [2.24, 2.45) is 5.92 Å². The van der Waals surface area contributed by atoms with Crippen molar-refractivity contribution in [3.8, 4) is 11.3 Å². The van der Waals surface area contributed by atoms with Crippen molar-refractivity contribution in [2.75, 3.05) is 0 Å². The summed E-state index contributed by atoms with van der Waals surface area (Å²) in [6.45, 7) is 3.83. The maximum atomic E-state index is 11.9. The monoisotopic (exact) mass is 279 g/mol. The number of carbonyl (C=O) groups excluding carboxylic acids is 1. The fraction of sp³-hybridized carbons (Fsp3) is 0.235. The molecule has 4 heteroatoms. The van der Waals surface area contributed by atoms with Gasteiger partial charge in [-0.3, -0.25) is 4.79 Å². The van der Waals surface area contributed by atoms with E-state index in [1.54, 1.807) is 6.20 Å². The van der Waals surface area contributed by atoms with Crippen LogP contribution in [0.5, 0.6) is 0 Å². The van der Waals surface area contributed by atoms with E-state index in [1.165, 1.54) is 0 Å². The topological polar surface area (TPSA) is 58.6 Å². The Morgan fingerprint density at radius 2 is 2.00 bits per heavy atom. The van der Waals surface area contributed by atoms with E-state index in [-0.39, 0.29) is 11.7 Å². The maximum absolute atomic E-state index is 11.9. The van der Waals surface area contributed by atoms with Gasteiger partial charge in [0.25, 0.3) is 0 Å². The van der Waals surface area contributed by atoms with Crippen LogP contribution in [-0.4, -0.2) is 20.7 Å². The molecule has 0 radical (unpaired) electrons. The molecule has 21 heavy (non-hydrogen) atoms. The first-order valence-electron chi connectivity index (χ1n) is 7.06. The van der Waals surface area contributed by atoms with Crippen LogP contribution in [0.15, 0.2) is 42.7 Å². The summed E-state index contributed by atoms with van der Waals surface area (Å²) in [6, 6.07) is 9.92. The van der Waals surface area contributed by atoms with Gasteiger partial charge in [0.05, 0.1) is 11.9 Å². The van der Waals surface area contributed by atoms with Gasteiger partial charge in [0, 0.05) is 29.7 Å². The number of ketones is 1. The average Bonchev–Trinajstić information content (AvgIpc) is 2.90. The van der Waals surface area contributed by atoms with Gasteiger partial charge >= 0.3 is 0 Å². The zero-order valence-electron chi connectivity index (χ0n) is 12.1. The highest BCUT2D eigenvalue weighted by Gasteiger charge is 2.14. The van der Waals surface area contributed by atoms with Crippen molar-refractivity contribution >= 4 is 16.9 Å². The van der Waals surface area contributed by atoms with Crippen molar-refractivity contribution in [1.29, 1.82) is 0 Å². The molecule has 106 valence electrons. The number of fused-ring (bicyclic) bond motifs is 1. The number of rotatable bonds is 4. The predicted molar refractivity (Wildman–Crippen MR) is 82.9 cm³/mol. The number of nitrogens with zero attached hydrogens (tertiary/aromatic N) is 2. The summed E-state index contributed by atoms with van der Waals surface area (Å²) >= 11 is 0. The second-order valence-corrected chi connectivity index (χ2v) is 5.43. The molecule has 0 aliphatic rings. The quantitative estimate of drug-likeness (QED) is 0.796. The van der Waals surface area contributed by atoms with Crippen molar-refractivity contribution in [3.05, 3.63) is 48.3 Å². The molecule has 0 atom stereocenters. The molecule has 0 spiro atoms. The van der Waals surface area contributed by atoms with Crippen molar-refractivity contribution in [3.63, 3.8) is 0 Å². The Labute approximate surface area is 123 Å². The maximum Gasteiger partial charge on any atom is 0.156 e. The molecule has 4 nitrogen and oxygen atoms in total. The fourth-order valence-electron chi connectivity index (χ4n) is 2.22. The number of nitrogens with one attached hydrogen (secondary N) is 1. The summed E-state index contributed by atoms with van der Waals surface area (Å²) in [5.41, 5.74) is 4.26. The second kappa shape index (κ2) is 5.48. The molecule has 0 saturated heterocycles. The van der Waals surface area contributed by atoms with Crippen molar-refractivity contribution in [1.82, 2.24) is 15.0 Å². The summed E-state index contributed by atoms with van der Waals surface area (Å²) in [6.07, 6.45) is 3.98. The van der Waals surface area contributed by atoms with Crippen molar-refractivity contribution < 1.29 is 4.79 Å². The van der Waals surface area contributed by atoms with Crippen LogP contribution in [-0.2, 0) is 11.2 Å². The van der Waals surface area contributed by atoms with Gasteiger partial charge in [-0.15, -0.1) is 0 Å². The first-order chi connectivity index (χ1) is 10.1. The normalized spacial score (nSPS) is 11.2. The minimum absolute atomic E-state index is 0.0280. The van der Waals surface area contributed by atoms with E-state index in [4.69, 9.17) is 0 Å². The van der Waals surface area contributed by atoms with Gasteiger partial charge < -0.3 is 4.98 Å². The van der Waals surface area contributed by atoms with Gasteiger partial charge in [0.1, 0.15) is 11.3 Å². The highest BCUT2D eigenvalue weighted by Crippen LogP contribution is 2.21. The molecule has 0 aliphatic heterocycles. The molecule has 0 fully saturated rings. The molecular weight excluding hydrogens is 262 g/mol. The zero-order chi connectivity index (χ0) is 14.8. The lowest BCUT2D eigenvalue weighted by Gasteiger charge is -2.04. The molecule has 3 aromatic rings. The van der Waals surface area contributed by atoms with E-state index in [2.05, 4.69) is 15.0 Å². The SMILES string of the molecule is CC(C)C(=O)Cc1c[nH]c2ncc(-c3ccccc3)nc12. The van der Waals surface area contributed by atoms with Gasteiger partial charge in [0.2, 0.25) is 0 Å². The highest BCUT2D eigenvalue weighted by molar-refractivity contribution is 5.88. The number of Topliss-reactive ketones (excluding diaryl/α,β-unsaturated/α-hetero) is 1. The minimum Gasteiger partial charge on any atom is -0.345 e. The van der Waals surface area contributed by atoms with Crippen LogP contribution in [0.4, 0.5) is 0 Å². The molecule has 3 rings (SSSR count). The standard InChI is InChI=1S/C17H17N3O/c1-11(2)15(21)8-13-9-18-17-16(13)20-14(10-19-17)12-6-4-3-5-7-12/h3-7,9-11H,8H2,1-2H3,(H,18,19). The first-order valence-corrected chi connectivity index (χ1v) is 7.06. The molecule has 0 unspecified atom stereocenters. The third kappa shape index (κ3) is 2.70. The van der Waals surface area contributed by atoms with E-state index in [1.807, 2.05) is 50.4 Å². The summed E-state index contributed by atoms with van der Waals surface area (Å²) in [5, 5.41) is 0. The summed E-state index contributed by atoms with van der Waals surface area (Å²) in [5.74, 6) is 0.239. The first kappa shape index (κ1) is 13.5. The Balaban J connectivity index is 2.02. The number of H-pyrrole nitrogens is 1. The molecule has 2 heterocycles. The van der Waals surface area contributed by atoms with Crippen LogP contribution >= 0.6 is 0 Å².